The van der Waals surface area contributed by atoms with Gasteiger partial charge in [0.1, 0.15) is 6.04 Å². The molecule has 4 N–H and O–H groups in total. The summed E-state index contributed by atoms with van der Waals surface area (Å²) in [6, 6.07) is -0.878. The van der Waals surface area contributed by atoms with Crippen LogP contribution >= 0.6 is 11.8 Å². The van der Waals surface area contributed by atoms with Crippen LogP contribution in [0.15, 0.2) is 0 Å². The topological polar surface area (TPSA) is 109 Å². The molecule has 6 nitrogen and oxygen atoms in total. The second kappa shape index (κ2) is 7.94. The van der Waals surface area contributed by atoms with E-state index in [4.69, 9.17) is 10.8 Å². The van der Waals surface area contributed by atoms with E-state index in [2.05, 4.69) is 5.32 Å². The zero-order chi connectivity index (χ0) is 13.4. The van der Waals surface area contributed by atoms with Crippen LogP contribution in [0.25, 0.3) is 0 Å². The molecule has 0 heterocycles. The summed E-state index contributed by atoms with van der Waals surface area (Å²) < 4.78 is 0. The van der Waals surface area contributed by atoms with Crippen molar-refractivity contribution in [3.8, 4) is 0 Å². The molecule has 0 aliphatic rings. The van der Waals surface area contributed by atoms with E-state index in [1.165, 1.54) is 0 Å². The zero-order valence-electron chi connectivity index (χ0n) is 9.93. The van der Waals surface area contributed by atoms with Crippen LogP contribution in [0.4, 0.5) is 0 Å². The summed E-state index contributed by atoms with van der Waals surface area (Å²) in [7, 11) is 0. The Morgan fingerprint density at radius 3 is 2.29 bits per heavy atom. The molecule has 0 saturated carbocycles. The maximum absolute atomic E-state index is 11.4. The highest BCUT2D eigenvalue weighted by molar-refractivity contribution is 8.00. The molecule has 17 heavy (non-hydrogen) atoms. The van der Waals surface area contributed by atoms with E-state index in [1.807, 2.05) is 13.8 Å². The lowest BCUT2D eigenvalue weighted by Crippen LogP contribution is -2.42. The number of carbonyl (C=O) groups is 3. The minimum atomic E-state index is -1.05. The van der Waals surface area contributed by atoms with E-state index in [-0.39, 0.29) is 17.4 Å². The number of primary amides is 1. The van der Waals surface area contributed by atoms with Crippen LogP contribution in [-0.4, -0.2) is 40.4 Å². The maximum atomic E-state index is 11.4. The fourth-order valence-electron chi connectivity index (χ4n) is 1.17. The maximum Gasteiger partial charge on any atom is 0.326 e. The molecule has 0 spiro atoms. The highest BCUT2D eigenvalue weighted by Crippen LogP contribution is 2.06. The average Bonchev–Trinajstić information content (AvgIpc) is 2.15. The predicted molar refractivity (Wildman–Crippen MR) is 65.5 cm³/mol. The molecule has 0 bridgehead atoms. The normalized spacial score (nSPS) is 12.2. The number of carboxylic acid groups (broad SMARTS) is 1. The Kier molecular flexibility index (Phi) is 7.36. The number of rotatable bonds is 8. The molecule has 0 aromatic carbocycles. The van der Waals surface area contributed by atoms with Crippen molar-refractivity contribution >= 4 is 29.5 Å². The number of carbonyl (C=O) groups excluding carboxylic acids is 2. The van der Waals surface area contributed by atoms with Gasteiger partial charge < -0.3 is 16.2 Å². The SMILES string of the molecule is CC(C)C[C@@H](NC(=O)CSCC(N)=O)C(=O)O. The quantitative estimate of drug-likeness (QED) is 0.562. The highest BCUT2D eigenvalue weighted by atomic mass is 32.2. The van der Waals surface area contributed by atoms with Crippen LogP contribution in [-0.2, 0) is 14.4 Å². The number of nitrogens with two attached hydrogens (primary N) is 1. The Labute approximate surface area is 104 Å². The monoisotopic (exact) mass is 262 g/mol. The standard InChI is InChI=1S/C10H18N2O4S/c1-6(2)3-7(10(15)16)12-9(14)5-17-4-8(11)13/h6-7H,3-5H2,1-2H3,(H2,11,13)(H,12,14)(H,15,16)/t7-/m1/s1. The summed E-state index contributed by atoms with van der Waals surface area (Å²) in [5.41, 5.74) is 4.91. The molecule has 0 unspecified atom stereocenters. The van der Waals surface area contributed by atoms with Gasteiger partial charge in [-0.05, 0) is 12.3 Å². The fraction of sp³-hybridized carbons (Fsp3) is 0.700. The van der Waals surface area contributed by atoms with Crippen LogP contribution in [0.5, 0.6) is 0 Å². The second-order valence-corrected chi connectivity index (χ2v) is 5.03. The number of amides is 2. The molecule has 98 valence electrons. The summed E-state index contributed by atoms with van der Waals surface area (Å²) in [5, 5.41) is 11.3. The van der Waals surface area contributed by atoms with Crippen molar-refractivity contribution in [3.63, 3.8) is 0 Å². The zero-order valence-corrected chi connectivity index (χ0v) is 10.8. The van der Waals surface area contributed by atoms with E-state index in [9.17, 15) is 14.4 Å². The molecular weight excluding hydrogens is 244 g/mol. The van der Waals surface area contributed by atoms with Crippen molar-refractivity contribution in [1.82, 2.24) is 5.32 Å². The fourth-order valence-corrected chi connectivity index (χ4v) is 1.75. The van der Waals surface area contributed by atoms with Crippen molar-refractivity contribution < 1.29 is 19.5 Å². The van der Waals surface area contributed by atoms with Crippen LogP contribution in [0.3, 0.4) is 0 Å². The Bertz CT molecular complexity index is 294. The summed E-state index contributed by atoms with van der Waals surface area (Å²) in [6.07, 6.45) is 0.377. The third-order valence-corrected chi connectivity index (χ3v) is 2.77. The molecule has 0 saturated heterocycles. The van der Waals surface area contributed by atoms with E-state index in [0.29, 0.717) is 6.42 Å². The van der Waals surface area contributed by atoms with Crippen molar-refractivity contribution in [2.24, 2.45) is 11.7 Å². The molecule has 0 aliphatic carbocycles. The van der Waals surface area contributed by atoms with Gasteiger partial charge in [0.15, 0.2) is 0 Å². The molecule has 2 amide bonds. The molecule has 0 rings (SSSR count). The van der Waals surface area contributed by atoms with Crippen LogP contribution < -0.4 is 11.1 Å². The van der Waals surface area contributed by atoms with E-state index < -0.39 is 23.8 Å². The van der Waals surface area contributed by atoms with Gasteiger partial charge in [0, 0.05) is 0 Å². The highest BCUT2D eigenvalue weighted by Gasteiger charge is 2.20. The summed E-state index contributed by atoms with van der Waals surface area (Å²) in [6.45, 7) is 3.76. The number of hydrogen-bond acceptors (Lipinski definition) is 4. The molecule has 0 aliphatic heterocycles. The first-order valence-corrected chi connectivity index (χ1v) is 6.36. The molecule has 0 aromatic heterocycles. The van der Waals surface area contributed by atoms with Crippen LogP contribution in [0.1, 0.15) is 20.3 Å². The number of hydrogen-bond donors (Lipinski definition) is 3. The van der Waals surface area contributed by atoms with Crippen LogP contribution in [0, 0.1) is 5.92 Å². The lowest BCUT2D eigenvalue weighted by atomic mass is 10.0. The minimum absolute atomic E-state index is 0.0326. The van der Waals surface area contributed by atoms with Crippen molar-refractivity contribution in [2.45, 2.75) is 26.3 Å². The van der Waals surface area contributed by atoms with Gasteiger partial charge >= 0.3 is 5.97 Å². The van der Waals surface area contributed by atoms with E-state index >= 15 is 0 Å². The largest absolute Gasteiger partial charge is 0.480 e. The number of aliphatic carboxylic acids is 1. The smallest absolute Gasteiger partial charge is 0.326 e. The summed E-state index contributed by atoms with van der Waals surface area (Å²) in [4.78, 5) is 32.7. The van der Waals surface area contributed by atoms with Gasteiger partial charge in [-0.2, -0.15) is 0 Å². The lowest BCUT2D eigenvalue weighted by Gasteiger charge is -2.16. The number of nitrogens with one attached hydrogen (secondary N) is 1. The van der Waals surface area contributed by atoms with Crippen molar-refractivity contribution in [3.05, 3.63) is 0 Å². The second-order valence-electron chi connectivity index (χ2n) is 4.05. The Hall–Kier alpha value is -1.24. The first-order chi connectivity index (χ1) is 7.82. The lowest BCUT2D eigenvalue weighted by molar-refractivity contribution is -0.141. The Morgan fingerprint density at radius 1 is 1.29 bits per heavy atom. The first kappa shape index (κ1) is 15.8. The molecule has 0 radical (unpaired) electrons. The summed E-state index contributed by atoms with van der Waals surface area (Å²) in [5.74, 6) is -1.69. The van der Waals surface area contributed by atoms with E-state index in [0.717, 1.165) is 11.8 Å². The van der Waals surface area contributed by atoms with Crippen LogP contribution in [0.2, 0.25) is 0 Å². The predicted octanol–water partition coefficient (Wildman–Crippen LogP) is -0.180. The number of thioether (sulfide) groups is 1. The van der Waals surface area contributed by atoms with Gasteiger partial charge in [-0.15, -0.1) is 11.8 Å². The van der Waals surface area contributed by atoms with Gasteiger partial charge in [-0.3, -0.25) is 9.59 Å². The molecule has 0 aromatic rings. The molecule has 1 atom stereocenters. The third-order valence-electron chi connectivity index (χ3n) is 1.82. The van der Waals surface area contributed by atoms with Gasteiger partial charge in [0.2, 0.25) is 11.8 Å². The van der Waals surface area contributed by atoms with E-state index in [1.54, 1.807) is 0 Å². The third kappa shape index (κ3) is 8.56. The van der Waals surface area contributed by atoms with Gasteiger partial charge in [-0.1, -0.05) is 13.8 Å². The minimum Gasteiger partial charge on any atom is -0.480 e. The van der Waals surface area contributed by atoms with Gasteiger partial charge in [-0.25, -0.2) is 4.79 Å². The van der Waals surface area contributed by atoms with Gasteiger partial charge in [0.05, 0.1) is 11.5 Å². The molecule has 7 heteroatoms. The average molecular weight is 262 g/mol. The first-order valence-electron chi connectivity index (χ1n) is 5.21. The van der Waals surface area contributed by atoms with Crippen molar-refractivity contribution in [1.29, 1.82) is 0 Å². The Balaban J connectivity index is 4.04. The molecular formula is C10H18N2O4S. The van der Waals surface area contributed by atoms with Crippen molar-refractivity contribution in [2.75, 3.05) is 11.5 Å². The van der Waals surface area contributed by atoms with Gasteiger partial charge in [0.25, 0.3) is 0 Å². The summed E-state index contributed by atoms with van der Waals surface area (Å²) >= 11 is 1.06. The Morgan fingerprint density at radius 2 is 1.88 bits per heavy atom. The number of carboxylic acids is 1. The molecule has 0 fully saturated rings.